The van der Waals surface area contributed by atoms with E-state index < -0.39 is 11.8 Å². The van der Waals surface area contributed by atoms with Gasteiger partial charge in [0.25, 0.3) is 0 Å². The van der Waals surface area contributed by atoms with Crippen LogP contribution in [-0.4, -0.2) is 17.7 Å². The Kier molecular flexibility index (Phi) is 3.45. The minimum absolute atomic E-state index is 0.140. The number of phenolic OH excluding ortho intramolecular Hbond substituents is 1. The highest BCUT2D eigenvalue weighted by Gasteiger charge is 2.12. The van der Waals surface area contributed by atoms with Crippen molar-refractivity contribution in [3.8, 4) is 5.75 Å². The number of carbonyl (C=O) groups is 1. The Hall–Kier alpha value is -1.58. The monoisotopic (exact) mass is 198 g/mol. The second-order valence-corrected chi connectivity index (χ2v) is 2.80. The third-order valence-corrected chi connectivity index (χ3v) is 1.62. The summed E-state index contributed by atoms with van der Waals surface area (Å²) in [6.45, 7) is 2.10. The highest BCUT2D eigenvalue weighted by molar-refractivity contribution is 5.92. The summed E-state index contributed by atoms with van der Waals surface area (Å²) in [5.41, 5.74) is -0.140. The Bertz CT molecular complexity index is 336. The highest BCUT2D eigenvalue weighted by atomic mass is 19.1. The normalized spacial score (nSPS) is 9.86. The summed E-state index contributed by atoms with van der Waals surface area (Å²) in [6, 6.07) is 3.15. The molecular formula is C10H11FO3. The number of esters is 1. The number of carbonyl (C=O) groups excluding carboxylic acids is 1. The van der Waals surface area contributed by atoms with Gasteiger partial charge in [0, 0.05) is 0 Å². The van der Waals surface area contributed by atoms with Crippen molar-refractivity contribution < 1.29 is 19.0 Å². The van der Waals surface area contributed by atoms with Gasteiger partial charge in [-0.3, -0.25) is 0 Å². The van der Waals surface area contributed by atoms with E-state index in [9.17, 15) is 14.3 Å². The molecule has 0 spiro atoms. The number of rotatable bonds is 3. The van der Waals surface area contributed by atoms with E-state index in [-0.39, 0.29) is 17.9 Å². The first-order chi connectivity index (χ1) is 6.65. The summed E-state index contributed by atoms with van der Waals surface area (Å²) in [7, 11) is 0. The first-order valence-corrected chi connectivity index (χ1v) is 4.30. The maximum absolute atomic E-state index is 12.7. The van der Waals surface area contributed by atoms with E-state index in [0.717, 1.165) is 18.2 Å². The van der Waals surface area contributed by atoms with Gasteiger partial charge in [0.15, 0.2) is 0 Å². The number of phenols is 1. The van der Waals surface area contributed by atoms with Crippen molar-refractivity contribution in [3.63, 3.8) is 0 Å². The number of hydrogen-bond acceptors (Lipinski definition) is 3. The molecule has 0 saturated heterocycles. The average molecular weight is 198 g/mol. The number of aromatic hydroxyl groups is 1. The lowest BCUT2D eigenvalue weighted by molar-refractivity contribution is 0.0501. The van der Waals surface area contributed by atoms with E-state index in [1.165, 1.54) is 0 Å². The lowest BCUT2D eigenvalue weighted by Crippen LogP contribution is -2.06. The molecule has 0 aliphatic carbocycles. The third-order valence-electron chi connectivity index (χ3n) is 1.62. The summed E-state index contributed by atoms with van der Waals surface area (Å²) in [4.78, 5) is 11.2. The van der Waals surface area contributed by atoms with Crippen LogP contribution in [0.25, 0.3) is 0 Å². The molecule has 0 radical (unpaired) electrons. The minimum Gasteiger partial charge on any atom is -0.507 e. The zero-order valence-electron chi connectivity index (χ0n) is 7.79. The maximum Gasteiger partial charge on any atom is 0.342 e. The van der Waals surface area contributed by atoms with Crippen LogP contribution in [0.5, 0.6) is 5.75 Å². The van der Waals surface area contributed by atoms with Crippen LogP contribution in [0.4, 0.5) is 4.39 Å². The minimum atomic E-state index is -0.705. The molecule has 0 heterocycles. The predicted molar refractivity (Wildman–Crippen MR) is 48.6 cm³/mol. The van der Waals surface area contributed by atoms with Crippen LogP contribution < -0.4 is 0 Å². The maximum atomic E-state index is 12.7. The molecule has 0 saturated carbocycles. The number of hydrogen-bond donors (Lipinski definition) is 1. The van der Waals surface area contributed by atoms with Gasteiger partial charge in [0.1, 0.15) is 17.1 Å². The van der Waals surface area contributed by atoms with Crippen molar-refractivity contribution in [1.29, 1.82) is 0 Å². The Morgan fingerprint density at radius 2 is 2.29 bits per heavy atom. The molecule has 0 fully saturated rings. The summed E-state index contributed by atoms with van der Waals surface area (Å²) >= 11 is 0. The van der Waals surface area contributed by atoms with Crippen LogP contribution >= 0.6 is 0 Å². The van der Waals surface area contributed by atoms with Crippen LogP contribution in [0.15, 0.2) is 18.2 Å². The Morgan fingerprint density at radius 1 is 1.57 bits per heavy atom. The molecule has 0 amide bonds. The number of benzene rings is 1. The van der Waals surface area contributed by atoms with E-state index in [1.807, 2.05) is 6.92 Å². The number of halogens is 1. The summed E-state index contributed by atoms with van der Waals surface area (Å²) in [6.07, 6.45) is 0.682. The highest BCUT2D eigenvalue weighted by Crippen LogP contribution is 2.18. The molecule has 3 nitrogen and oxygen atoms in total. The first kappa shape index (κ1) is 10.5. The summed E-state index contributed by atoms with van der Waals surface area (Å²) in [5.74, 6) is -1.55. The van der Waals surface area contributed by atoms with Crippen molar-refractivity contribution in [2.75, 3.05) is 6.61 Å². The molecule has 1 N–H and O–H groups in total. The van der Waals surface area contributed by atoms with Gasteiger partial charge in [-0.05, 0) is 24.6 Å². The predicted octanol–water partition coefficient (Wildman–Crippen LogP) is 2.10. The summed E-state index contributed by atoms with van der Waals surface area (Å²) < 4.78 is 17.5. The zero-order chi connectivity index (χ0) is 10.6. The third kappa shape index (κ3) is 2.45. The van der Waals surface area contributed by atoms with Crippen LogP contribution in [0, 0.1) is 5.82 Å². The molecule has 14 heavy (non-hydrogen) atoms. The molecule has 0 aliphatic rings. The van der Waals surface area contributed by atoms with Crippen LogP contribution in [0.2, 0.25) is 0 Å². The largest absolute Gasteiger partial charge is 0.507 e. The van der Waals surface area contributed by atoms with Crippen LogP contribution in [0.1, 0.15) is 23.7 Å². The average Bonchev–Trinajstić information content (AvgIpc) is 2.18. The molecule has 76 valence electrons. The number of ether oxygens (including phenoxy) is 1. The van der Waals surface area contributed by atoms with E-state index in [0.29, 0.717) is 6.42 Å². The van der Waals surface area contributed by atoms with E-state index in [2.05, 4.69) is 0 Å². The fraction of sp³-hybridized carbons (Fsp3) is 0.300. The van der Waals surface area contributed by atoms with Crippen molar-refractivity contribution in [2.45, 2.75) is 13.3 Å². The van der Waals surface area contributed by atoms with Crippen LogP contribution in [-0.2, 0) is 4.74 Å². The lowest BCUT2D eigenvalue weighted by atomic mass is 10.2. The molecule has 0 atom stereocenters. The van der Waals surface area contributed by atoms with Crippen molar-refractivity contribution >= 4 is 5.97 Å². The van der Waals surface area contributed by atoms with Gasteiger partial charge in [0.2, 0.25) is 0 Å². The SMILES string of the molecule is CCCOC(=O)c1cc(F)ccc1O. The standard InChI is InChI=1S/C10H11FO3/c1-2-5-14-10(13)8-6-7(11)3-4-9(8)12/h3-4,6,12H,2,5H2,1H3. The lowest BCUT2D eigenvalue weighted by Gasteiger charge is -2.04. The second-order valence-electron chi connectivity index (χ2n) is 2.80. The quantitative estimate of drug-likeness (QED) is 0.756. The van der Waals surface area contributed by atoms with Crippen molar-refractivity contribution in [1.82, 2.24) is 0 Å². The van der Waals surface area contributed by atoms with Gasteiger partial charge in [-0.15, -0.1) is 0 Å². The van der Waals surface area contributed by atoms with Crippen molar-refractivity contribution in [3.05, 3.63) is 29.6 Å². The molecule has 0 aromatic heterocycles. The molecular weight excluding hydrogens is 187 g/mol. The van der Waals surface area contributed by atoms with Gasteiger partial charge in [-0.25, -0.2) is 9.18 Å². The molecule has 0 aliphatic heterocycles. The van der Waals surface area contributed by atoms with Crippen LogP contribution in [0.3, 0.4) is 0 Å². The van der Waals surface area contributed by atoms with E-state index in [1.54, 1.807) is 0 Å². The van der Waals surface area contributed by atoms with Gasteiger partial charge < -0.3 is 9.84 Å². The molecule has 1 aromatic rings. The van der Waals surface area contributed by atoms with Crippen molar-refractivity contribution in [2.24, 2.45) is 0 Å². The first-order valence-electron chi connectivity index (χ1n) is 4.30. The molecule has 4 heteroatoms. The zero-order valence-corrected chi connectivity index (χ0v) is 7.79. The smallest absolute Gasteiger partial charge is 0.342 e. The summed E-state index contributed by atoms with van der Waals surface area (Å²) in [5, 5.41) is 9.24. The fourth-order valence-corrected chi connectivity index (χ4v) is 0.944. The van der Waals surface area contributed by atoms with Gasteiger partial charge in [-0.1, -0.05) is 6.92 Å². The molecule has 1 rings (SSSR count). The molecule has 1 aromatic carbocycles. The second kappa shape index (κ2) is 4.60. The Labute approximate surface area is 81.1 Å². The van der Waals surface area contributed by atoms with Gasteiger partial charge in [-0.2, -0.15) is 0 Å². The fourth-order valence-electron chi connectivity index (χ4n) is 0.944. The molecule has 0 unspecified atom stereocenters. The Balaban J connectivity index is 2.83. The topological polar surface area (TPSA) is 46.5 Å². The van der Waals surface area contributed by atoms with Gasteiger partial charge >= 0.3 is 5.97 Å². The van der Waals surface area contributed by atoms with Gasteiger partial charge in [0.05, 0.1) is 6.61 Å². The Morgan fingerprint density at radius 3 is 2.93 bits per heavy atom. The van der Waals surface area contributed by atoms with E-state index in [4.69, 9.17) is 4.74 Å². The van der Waals surface area contributed by atoms with E-state index >= 15 is 0 Å². The molecule has 0 bridgehead atoms.